The zero-order valence-corrected chi connectivity index (χ0v) is 21.4. The van der Waals surface area contributed by atoms with Crippen molar-refractivity contribution in [3.8, 4) is 5.75 Å². The number of nitrogens with zero attached hydrogens (tertiary/aromatic N) is 2. The van der Waals surface area contributed by atoms with E-state index in [0.717, 1.165) is 5.56 Å². The quantitative estimate of drug-likeness (QED) is 0.291. The Morgan fingerprint density at radius 1 is 1.03 bits per heavy atom. The van der Waals surface area contributed by atoms with Crippen LogP contribution in [0.1, 0.15) is 50.4 Å². The number of aliphatic hydroxyl groups is 1. The van der Waals surface area contributed by atoms with Gasteiger partial charge in [0.25, 0.3) is 11.7 Å². The topological polar surface area (TPSA) is 109 Å². The molecule has 37 heavy (non-hydrogen) atoms. The molecule has 190 valence electrons. The number of anilines is 2. The lowest BCUT2D eigenvalue weighted by Gasteiger charge is -2.26. The third kappa shape index (κ3) is 4.95. The first-order valence-corrected chi connectivity index (χ1v) is 11.8. The van der Waals surface area contributed by atoms with Crippen LogP contribution >= 0.6 is 0 Å². The number of ether oxygens (including phenoxy) is 1. The number of pyridine rings is 1. The van der Waals surface area contributed by atoms with Gasteiger partial charge in [0.2, 0.25) is 5.91 Å². The van der Waals surface area contributed by atoms with Gasteiger partial charge in [0.15, 0.2) is 0 Å². The van der Waals surface area contributed by atoms with E-state index in [-0.39, 0.29) is 22.7 Å². The van der Waals surface area contributed by atoms with E-state index in [4.69, 9.17) is 4.74 Å². The Morgan fingerprint density at radius 3 is 2.24 bits per heavy atom. The van der Waals surface area contributed by atoms with E-state index >= 15 is 0 Å². The van der Waals surface area contributed by atoms with E-state index in [1.165, 1.54) is 18.9 Å². The average Bonchev–Trinajstić information content (AvgIpc) is 3.13. The van der Waals surface area contributed by atoms with Crippen LogP contribution in [0.25, 0.3) is 5.76 Å². The van der Waals surface area contributed by atoms with Gasteiger partial charge in [0.1, 0.15) is 11.5 Å². The molecule has 1 atom stereocenters. The second-order valence-electron chi connectivity index (χ2n) is 9.84. The Kier molecular flexibility index (Phi) is 6.85. The van der Waals surface area contributed by atoms with Gasteiger partial charge in [-0.1, -0.05) is 26.8 Å². The fourth-order valence-corrected chi connectivity index (χ4v) is 4.37. The molecule has 0 bridgehead atoms. The molecule has 8 heteroatoms. The van der Waals surface area contributed by atoms with Crippen LogP contribution in [0.5, 0.6) is 5.75 Å². The molecule has 0 aliphatic carbocycles. The first-order valence-electron chi connectivity index (χ1n) is 11.8. The molecule has 1 aliphatic heterocycles. The smallest absolute Gasteiger partial charge is 0.300 e. The average molecular weight is 500 g/mol. The van der Waals surface area contributed by atoms with Gasteiger partial charge in [0, 0.05) is 30.7 Å². The second-order valence-corrected chi connectivity index (χ2v) is 9.84. The number of aliphatic hydroxyl groups excluding tert-OH is 1. The predicted octanol–water partition coefficient (Wildman–Crippen LogP) is 4.97. The lowest BCUT2D eigenvalue weighted by Crippen LogP contribution is -2.29. The summed E-state index contributed by atoms with van der Waals surface area (Å²) in [6.45, 7) is 7.52. The molecular formula is C29H29N3O5. The molecule has 1 aliphatic rings. The molecular weight excluding hydrogens is 470 g/mol. The molecule has 0 radical (unpaired) electrons. The maximum Gasteiger partial charge on any atom is 0.300 e. The minimum Gasteiger partial charge on any atom is -0.507 e. The van der Waals surface area contributed by atoms with Crippen molar-refractivity contribution in [2.24, 2.45) is 0 Å². The molecule has 2 heterocycles. The number of rotatable bonds is 5. The van der Waals surface area contributed by atoms with Gasteiger partial charge in [0.05, 0.1) is 24.3 Å². The minimum absolute atomic E-state index is 0.0495. The van der Waals surface area contributed by atoms with E-state index in [9.17, 15) is 19.5 Å². The summed E-state index contributed by atoms with van der Waals surface area (Å²) in [4.78, 5) is 43.7. The maximum atomic E-state index is 13.5. The number of carbonyl (C=O) groups is 3. The molecule has 1 saturated heterocycles. The molecule has 0 saturated carbocycles. The molecule has 4 rings (SSSR count). The van der Waals surface area contributed by atoms with Crippen molar-refractivity contribution < 1.29 is 24.2 Å². The zero-order valence-electron chi connectivity index (χ0n) is 21.4. The summed E-state index contributed by atoms with van der Waals surface area (Å²) in [5.74, 6) is -1.75. The number of hydrogen-bond acceptors (Lipinski definition) is 6. The highest BCUT2D eigenvalue weighted by molar-refractivity contribution is 6.51. The van der Waals surface area contributed by atoms with Gasteiger partial charge in [-0.05, 0) is 65.1 Å². The van der Waals surface area contributed by atoms with E-state index in [2.05, 4.69) is 10.3 Å². The zero-order chi connectivity index (χ0) is 26.9. The first kappa shape index (κ1) is 25.6. The normalized spacial score (nSPS) is 17.1. The molecule has 2 amide bonds. The maximum absolute atomic E-state index is 13.5. The Balaban J connectivity index is 1.92. The molecule has 0 spiro atoms. The van der Waals surface area contributed by atoms with Crippen molar-refractivity contribution in [3.05, 3.63) is 89.3 Å². The molecule has 1 aromatic heterocycles. The van der Waals surface area contributed by atoms with Crippen LogP contribution < -0.4 is 15.0 Å². The van der Waals surface area contributed by atoms with Crippen LogP contribution in [0.4, 0.5) is 11.4 Å². The van der Waals surface area contributed by atoms with Gasteiger partial charge in [-0.2, -0.15) is 0 Å². The number of hydrogen-bond donors (Lipinski definition) is 2. The number of nitrogens with one attached hydrogen (secondary N) is 1. The van der Waals surface area contributed by atoms with Crippen LogP contribution in [-0.2, 0) is 19.8 Å². The number of carbonyl (C=O) groups excluding carboxylic acids is 3. The summed E-state index contributed by atoms with van der Waals surface area (Å²) in [6.07, 6.45) is 3.13. The second kappa shape index (κ2) is 9.89. The van der Waals surface area contributed by atoms with Crippen molar-refractivity contribution in [2.45, 2.75) is 39.2 Å². The summed E-state index contributed by atoms with van der Waals surface area (Å²) in [6, 6.07) is 14.5. The Bertz CT molecular complexity index is 1390. The lowest BCUT2D eigenvalue weighted by atomic mass is 9.85. The van der Waals surface area contributed by atoms with E-state index < -0.39 is 17.7 Å². The van der Waals surface area contributed by atoms with Crippen LogP contribution in [-0.4, -0.2) is 34.8 Å². The summed E-state index contributed by atoms with van der Waals surface area (Å²) in [7, 11) is 1.48. The monoisotopic (exact) mass is 499 g/mol. The molecule has 3 aromatic rings. The molecule has 8 nitrogen and oxygen atoms in total. The standard InChI is InChI=1S/C29H29N3O5/c1-17(33)31-20-7-9-21(10-8-20)32-25(18-12-14-30-15-13-18)24(27(35)28(32)36)26(34)22-16-19(29(2,3)4)6-11-23(22)37-5/h6-16,25,34H,1-5H3,(H,31,33)/b26-24+. The van der Waals surface area contributed by atoms with Crippen LogP contribution in [0.15, 0.2) is 72.6 Å². The summed E-state index contributed by atoms with van der Waals surface area (Å²) in [5, 5.41) is 14.3. The predicted molar refractivity (Wildman–Crippen MR) is 141 cm³/mol. The van der Waals surface area contributed by atoms with Crippen LogP contribution in [0.3, 0.4) is 0 Å². The lowest BCUT2D eigenvalue weighted by molar-refractivity contribution is -0.132. The highest BCUT2D eigenvalue weighted by atomic mass is 16.5. The fourth-order valence-electron chi connectivity index (χ4n) is 4.37. The number of methoxy groups -OCH3 is 1. The fraction of sp³-hybridized carbons (Fsp3) is 0.241. The van der Waals surface area contributed by atoms with Gasteiger partial charge in [-0.25, -0.2) is 0 Å². The van der Waals surface area contributed by atoms with Crippen molar-refractivity contribution in [3.63, 3.8) is 0 Å². The van der Waals surface area contributed by atoms with E-state index in [1.54, 1.807) is 60.9 Å². The summed E-state index contributed by atoms with van der Waals surface area (Å²) in [5.41, 5.74) is 2.57. The van der Waals surface area contributed by atoms with E-state index in [1.807, 2.05) is 26.8 Å². The number of Topliss-reactive ketones (excluding diaryl/α,β-unsaturated/α-hetero) is 1. The van der Waals surface area contributed by atoms with Crippen molar-refractivity contribution in [1.29, 1.82) is 0 Å². The van der Waals surface area contributed by atoms with Crippen molar-refractivity contribution in [1.82, 2.24) is 4.98 Å². The van der Waals surface area contributed by atoms with Crippen LogP contribution in [0, 0.1) is 0 Å². The van der Waals surface area contributed by atoms with Gasteiger partial charge < -0.3 is 15.2 Å². The summed E-state index contributed by atoms with van der Waals surface area (Å²) < 4.78 is 5.50. The molecule has 2 N–H and O–H groups in total. The SMILES string of the molecule is COc1ccc(C(C)(C)C)cc1/C(O)=C1\C(=O)C(=O)N(c2ccc(NC(C)=O)cc2)C1c1ccncc1. The molecule has 1 unspecified atom stereocenters. The third-order valence-corrected chi connectivity index (χ3v) is 6.25. The van der Waals surface area contributed by atoms with Crippen LogP contribution in [0.2, 0.25) is 0 Å². The first-order chi connectivity index (χ1) is 17.5. The summed E-state index contributed by atoms with van der Waals surface area (Å²) >= 11 is 0. The highest BCUT2D eigenvalue weighted by Crippen LogP contribution is 2.44. The highest BCUT2D eigenvalue weighted by Gasteiger charge is 2.47. The molecule has 2 aromatic carbocycles. The van der Waals surface area contributed by atoms with Crippen molar-refractivity contribution in [2.75, 3.05) is 17.3 Å². The number of amides is 2. The Labute approximate surface area is 215 Å². The largest absolute Gasteiger partial charge is 0.507 e. The van der Waals surface area contributed by atoms with E-state index in [0.29, 0.717) is 28.3 Å². The number of ketones is 1. The van der Waals surface area contributed by atoms with Gasteiger partial charge >= 0.3 is 0 Å². The Morgan fingerprint density at radius 2 is 1.68 bits per heavy atom. The van der Waals surface area contributed by atoms with Gasteiger partial charge in [-0.15, -0.1) is 0 Å². The molecule has 1 fully saturated rings. The number of aromatic nitrogens is 1. The van der Waals surface area contributed by atoms with Gasteiger partial charge in [-0.3, -0.25) is 24.3 Å². The Hall–Kier alpha value is -4.46. The number of benzene rings is 2. The minimum atomic E-state index is -0.905. The van der Waals surface area contributed by atoms with Crippen molar-refractivity contribution >= 4 is 34.7 Å². The third-order valence-electron chi connectivity index (χ3n) is 6.25.